The lowest BCUT2D eigenvalue weighted by atomic mass is 10.1. The van der Waals surface area contributed by atoms with Gasteiger partial charge in [-0.05, 0) is 39.3 Å². The maximum Gasteiger partial charge on any atom is 0.408 e. The van der Waals surface area contributed by atoms with E-state index in [1.54, 1.807) is 33.2 Å². The molecule has 1 atom stereocenters. The molecule has 0 aromatic carbocycles. The number of hydrogen-bond donors (Lipinski definition) is 1. The van der Waals surface area contributed by atoms with E-state index in [0.717, 1.165) is 37.3 Å². The summed E-state index contributed by atoms with van der Waals surface area (Å²) in [5.74, 6) is -0.176. The van der Waals surface area contributed by atoms with Crippen molar-refractivity contribution in [2.75, 3.05) is 24.5 Å². The van der Waals surface area contributed by atoms with Gasteiger partial charge >= 0.3 is 6.09 Å². The second kappa shape index (κ2) is 7.94. The van der Waals surface area contributed by atoms with Crippen molar-refractivity contribution in [1.29, 1.82) is 0 Å². The monoisotopic (exact) mass is 373 g/mol. The number of amides is 2. The number of piperidine rings is 1. The number of carbonyl (C=O) groups excluding carboxylic acids is 2. The highest BCUT2D eigenvalue weighted by Gasteiger charge is 2.34. The molecule has 2 aliphatic heterocycles. The minimum absolute atomic E-state index is 0.176. The first-order valence-electron chi connectivity index (χ1n) is 9.34. The van der Waals surface area contributed by atoms with Gasteiger partial charge < -0.3 is 15.0 Å². The average molecular weight is 373 g/mol. The molecule has 1 N–H and O–H groups in total. The van der Waals surface area contributed by atoms with Crippen LogP contribution >= 0.6 is 0 Å². The average Bonchev–Trinajstić information content (AvgIpc) is 2.95. The predicted octanol–water partition coefficient (Wildman–Crippen LogP) is 2.16. The first kappa shape index (κ1) is 19.1. The van der Waals surface area contributed by atoms with Crippen LogP contribution in [0.3, 0.4) is 0 Å². The summed E-state index contributed by atoms with van der Waals surface area (Å²) in [7, 11) is 0. The number of pyridine rings is 1. The molecule has 3 heterocycles. The molecule has 8 nitrogen and oxygen atoms in total. The Morgan fingerprint density at radius 3 is 2.52 bits per heavy atom. The Morgan fingerprint density at radius 1 is 1.22 bits per heavy atom. The van der Waals surface area contributed by atoms with E-state index in [9.17, 15) is 9.59 Å². The number of nitrogens with one attached hydrogen (secondary N) is 1. The summed E-state index contributed by atoms with van der Waals surface area (Å²) in [4.78, 5) is 30.7. The number of ether oxygens (including phenoxy) is 1. The molecule has 1 aromatic heterocycles. The second-order valence-corrected chi connectivity index (χ2v) is 7.81. The highest BCUT2D eigenvalue weighted by atomic mass is 16.6. The number of hydrazone groups is 1. The van der Waals surface area contributed by atoms with Crippen molar-refractivity contribution in [2.45, 2.75) is 51.7 Å². The Kier molecular flexibility index (Phi) is 5.62. The summed E-state index contributed by atoms with van der Waals surface area (Å²) in [6.45, 7) is 7.62. The molecule has 8 heteroatoms. The number of rotatable bonds is 3. The lowest BCUT2D eigenvalue weighted by Crippen LogP contribution is -2.43. The quantitative estimate of drug-likeness (QED) is 0.877. The van der Waals surface area contributed by atoms with E-state index in [-0.39, 0.29) is 5.91 Å². The molecule has 0 saturated carbocycles. The van der Waals surface area contributed by atoms with E-state index in [1.165, 1.54) is 5.01 Å². The molecule has 3 rings (SSSR count). The molecule has 0 spiro atoms. The molecule has 2 saturated heterocycles. The lowest BCUT2D eigenvalue weighted by Gasteiger charge is -2.30. The van der Waals surface area contributed by atoms with Crippen molar-refractivity contribution >= 4 is 23.4 Å². The Labute approximate surface area is 159 Å². The Morgan fingerprint density at radius 2 is 1.89 bits per heavy atom. The van der Waals surface area contributed by atoms with E-state index in [2.05, 4.69) is 20.3 Å². The number of anilines is 1. The first-order valence-corrected chi connectivity index (χ1v) is 9.34. The maximum absolute atomic E-state index is 12.5. The van der Waals surface area contributed by atoms with Crippen molar-refractivity contribution in [3.8, 4) is 0 Å². The zero-order valence-electron chi connectivity index (χ0n) is 16.1. The van der Waals surface area contributed by atoms with Gasteiger partial charge in [0.15, 0.2) is 0 Å². The largest absolute Gasteiger partial charge is 0.444 e. The Balaban J connectivity index is 1.51. The molecule has 0 radical (unpaired) electrons. The zero-order valence-corrected chi connectivity index (χ0v) is 16.1. The number of hydrogen-bond acceptors (Lipinski definition) is 6. The van der Waals surface area contributed by atoms with Crippen LogP contribution < -0.4 is 10.2 Å². The number of carbonyl (C=O) groups is 2. The third kappa shape index (κ3) is 5.18. The number of nitrogens with zero attached hydrogens (tertiary/aromatic N) is 4. The van der Waals surface area contributed by atoms with Crippen molar-refractivity contribution < 1.29 is 14.3 Å². The first-order chi connectivity index (χ1) is 12.8. The fraction of sp³-hybridized carbons (Fsp3) is 0.579. The van der Waals surface area contributed by atoms with E-state index >= 15 is 0 Å². The van der Waals surface area contributed by atoms with Crippen LogP contribution in [0.4, 0.5) is 10.5 Å². The molecule has 27 heavy (non-hydrogen) atoms. The molecular formula is C19H27N5O3. The molecule has 1 aromatic rings. The summed E-state index contributed by atoms with van der Waals surface area (Å²) in [6.07, 6.45) is 5.19. The van der Waals surface area contributed by atoms with Gasteiger partial charge in [0.2, 0.25) is 0 Å². The van der Waals surface area contributed by atoms with Crippen LogP contribution in [0.2, 0.25) is 0 Å². The fourth-order valence-electron chi connectivity index (χ4n) is 3.20. The summed E-state index contributed by atoms with van der Waals surface area (Å²) in [5.41, 5.74) is 1.59. The summed E-state index contributed by atoms with van der Waals surface area (Å²) in [5, 5.41) is 8.68. The zero-order chi connectivity index (χ0) is 19.4. The molecule has 0 aliphatic carbocycles. The number of alkyl carbamates (subject to hydrolysis) is 1. The van der Waals surface area contributed by atoms with Gasteiger partial charge in [0.1, 0.15) is 11.6 Å². The molecule has 0 unspecified atom stereocenters. The molecule has 2 fully saturated rings. The highest BCUT2D eigenvalue weighted by Crippen LogP contribution is 2.19. The van der Waals surface area contributed by atoms with Crippen LogP contribution in [-0.4, -0.2) is 59.0 Å². The Hall–Kier alpha value is -2.64. The van der Waals surface area contributed by atoms with Crippen molar-refractivity contribution in [2.24, 2.45) is 5.10 Å². The number of aromatic nitrogens is 1. The van der Waals surface area contributed by atoms with Crippen molar-refractivity contribution in [1.82, 2.24) is 15.3 Å². The van der Waals surface area contributed by atoms with Crippen molar-refractivity contribution in [3.63, 3.8) is 0 Å². The SMILES string of the molecule is CC(C)(C)OC(=O)N[C@H]1CCN(N=C2CCN(c3ccncc3)CC2)C1=O. The highest BCUT2D eigenvalue weighted by molar-refractivity contribution is 5.91. The van der Waals surface area contributed by atoms with Crippen LogP contribution in [0.1, 0.15) is 40.0 Å². The molecule has 2 amide bonds. The minimum Gasteiger partial charge on any atom is -0.444 e. The topological polar surface area (TPSA) is 87.1 Å². The van der Waals surface area contributed by atoms with Gasteiger partial charge in [-0.3, -0.25) is 9.78 Å². The van der Waals surface area contributed by atoms with Gasteiger partial charge in [0.25, 0.3) is 5.91 Å². The summed E-state index contributed by atoms with van der Waals surface area (Å²) >= 11 is 0. The fourth-order valence-corrected chi connectivity index (χ4v) is 3.20. The van der Waals surface area contributed by atoms with Gasteiger partial charge in [-0.2, -0.15) is 5.10 Å². The maximum atomic E-state index is 12.5. The third-order valence-corrected chi connectivity index (χ3v) is 4.50. The molecule has 0 bridgehead atoms. The molecule has 2 aliphatic rings. The molecule has 146 valence electrons. The van der Waals surface area contributed by atoms with Crippen LogP contribution in [0.15, 0.2) is 29.6 Å². The predicted molar refractivity (Wildman–Crippen MR) is 103 cm³/mol. The van der Waals surface area contributed by atoms with E-state index in [4.69, 9.17) is 4.74 Å². The van der Waals surface area contributed by atoms with Crippen LogP contribution in [-0.2, 0) is 9.53 Å². The summed E-state index contributed by atoms with van der Waals surface area (Å²) < 4.78 is 5.22. The van der Waals surface area contributed by atoms with E-state index in [0.29, 0.717) is 13.0 Å². The van der Waals surface area contributed by atoms with Crippen LogP contribution in [0.25, 0.3) is 0 Å². The Bertz CT molecular complexity index is 704. The summed E-state index contributed by atoms with van der Waals surface area (Å²) in [6, 6.07) is 3.43. The van der Waals surface area contributed by atoms with Crippen molar-refractivity contribution in [3.05, 3.63) is 24.5 Å². The third-order valence-electron chi connectivity index (χ3n) is 4.50. The van der Waals surface area contributed by atoms with Gasteiger partial charge in [0.05, 0.1) is 0 Å². The molecular weight excluding hydrogens is 346 g/mol. The van der Waals surface area contributed by atoms with Gasteiger partial charge in [-0.1, -0.05) is 0 Å². The van der Waals surface area contributed by atoms with Crippen LogP contribution in [0.5, 0.6) is 0 Å². The minimum atomic E-state index is -0.589. The smallest absolute Gasteiger partial charge is 0.408 e. The normalized spacial score (nSPS) is 20.6. The van der Waals surface area contributed by atoms with E-state index < -0.39 is 17.7 Å². The van der Waals surface area contributed by atoms with Gasteiger partial charge in [0, 0.05) is 56.3 Å². The second-order valence-electron chi connectivity index (χ2n) is 7.81. The van der Waals surface area contributed by atoms with Crippen LogP contribution in [0, 0.1) is 0 Å². The van der Waals surface area contributed by atoms with E-state index in [1.807, 2.05) is 12.1 Å². The standard InChI is InChI=1S/C19H27N5O3/c1-19(2,3)27-18(26)21-16-8-13-24(17(16)25)22-14-6-11-23(12-7-14)15-4-9-20-10-5-15/h4-5,9-10,16H,6-8,11-13H2,1-3H3,(H,21,26)/t16-/m0/s1. The van der Waals surface area contributed by atoms with Gasteiger partial charge in [-0.15, -0.1) is 0 Å². The van der Waals surface area contributed by atoms with Gasteiger partial charge in [-0.25, -0.2) is 9.80 Å². The lowest BCUT2D eigenvalue weighted by molar-refractivity contribution is -0.129.